The number of hydrogen-bond acceptors (Lipinski definition) is 2. The molecule has 0 saturated heterocycles. The average molecular weight is 321 g/mol. The number of para-hydroxylation sites is 2. The second kappa shape index (κ2) is 5.52. The first-order valence-electron chi connectivity index (χ1n) is 7.46. The Morgan fingerprint density at radius 2 is 1.87 bits per heavy atom. The van der Waals surface area contributed by atoms with E-state index in [1.54, 1.807) is 4.90 Å². The number of hydrogen-bond donors (Lipinski definition) is 2. The molecule has 0 atom stereocenters. The van der Waals surface area contributed by atoms with Gasteiger partial charge in [-0.2, -0.15) is 0 Å². The first kappa shape index (κ1) is 14.0. The summed E-state index contributed by atoms with van der Waals surface area (Å²) in [6, 6.07) is 15.9. The highest BCUT2D eigenvalue weighted by Crippen LogP contribution is 2.27. The van der Waals surface area contributed by atoms with Gasteiger partial charge in [-0.1, -0.05) is 42.5 Å². The molecule has 0 radical (unpaired) electrons. The fraction of sp³-hybridized carbons (Fsp3) is 0.111. The number of nitrogens with one attached hydrogen (secondary N) is 2. The standard InChI is InChI=1S/C18H15N3OS/c22-17-10-20-18(23)14-6-2-4-8-16(14)21(17)11-12-9-19-15-7-3-1-5-13(12)15/h1-9,19H,10-11H2,(H,20,23). The lowest BCUT2D eigenvalue weighted by molar-refractivity contribution is -0.117. The minimum Gasteiger partial charge on any atom is -0.367 e. The maximum Gasteiger partial charge on any atom is 0.246 e. The van der Waals surface area contributed by atoms with E-state index in [0.717, 1.165) is 27.7 Å². The molecule has 1 aromatic heterocycles. The van der Waals surface area contributed by atoms with Crippen LogP contribution >= 0.6 is 12.2 Å². The zero-order valence-electron chi connectivity index (χ0n) is 12.4. The number of thiocarbonyl (C=S) groups is 1. The van der Waals surface area contributed by atoms with Crippen molar-refractivity contribution in [3.8, 4) is 0 Å². The minimum atomic E-state index is 0.0163. The van der Waals surface area contributed by atoms with Gasteiger partial charge in [0.15, 0.2) is 0 Å². The summed E-state index contributed by atoms with van der Waals surface area (Å²) in [4.78, 5) is 18.3. The number of anilines is 1. The highest BCUT2D eigenvalue weighted by Gasteiger charge is 2.24. The van der Waals surface area contributed by atoms with Gasteiger partial charge in [-0.3, -0.25) is 4.79 Å². The second-order valence-corrected chi connectivity index (χ2v) is 5.95. The SMILES string of the molecule is O=C1CNC(=S)c2ccccc2N1Cc1c[nH]c2ccccc12. The van der Waals surface area contributed by atoms with E-state index in [-0.39, 0.29) is 12.5 Å². The molecule has 0 bridgehead atoms. The van der Waals surface area contributed by atoms with E-state index in [1.807, 2.05) is 48.7 Å². The van der Waals surface area contributed by atoms with Gasteiger partial charge in [0.25, 0.3) is 0 Å². The van der Waals surface area contributed by atoms with Crippen molar-refractivity contribution in [2.45, 2.75) is 6.54 Å². The Labute approximate surface area is 139 Å². The maximum absolute atomic E-state index is 12.6. The number of rotatable bonds is 2. The Kier molecular flexibility index (Phi) is 3.35. The normalized spacial score (nSPS) is 14.5. The van der Waals surface area contributed by atoms with Crippen LogP contribution in [-0.4, -0.2) is 22.4 Å². The minimum absolute atomic E-state index is 0.0163. The number of aromatic amines is 1. The van der Waals surface area contributed by atoms with Crippen LogP contribution in [0.1, 0.15) is 11.1 Å². The molecule has 5 heteroatoms. The molecule has 0 unspecified atom stereocenters. The summed E-state index contributed by atoms with van der Waals surface area (Å²) >= 11 is 5.38. The summed E-state index contributed by atoms with van der Waals surface area (Å²) in [6.45, 7) is 0.736. The Bertz CT molecular complexity index is 915. The highest BCUT2D eigenvalue weighted by atomic mass is 32.1. The molecule has 0 saturated carbocycles. The van der Waals surface area contributed by atoms with Crippen LogP contribution in [-0.2, 0) is 11.3 Å². The number of H-pyrrole nitrogens is 1. The van der Waals surface area contributed by atoms with Crippen molar-refractivity contribution in [3.63, 3.8) is 0 Å². The summed E-state index contributed by atoms with van der Waals surface area (Å²) < 4.78 is 0. The van der Waals surface area contributed by atoms with E-state index in [9.17, 15) is 4.79 Å². The zero-order chi connectivity index (χ0) is 15.8. The first-order chi connectivity index (χ1) is 11.2. The average Bonchev–Trinajstić information content (AvgIpc) is 2.95. The molecule has 1 amide bonds. The highest BCUT2D eigenvalue weighted by molar-refractivity contribution is 7.80. The largest absolute Gasteiger partial charge is 0.367 e. The van der Waals surface area contributed by atoms with Gasteiger partial charge in [0.05, 0.1) is 18.8 Å². The van der Waals surface area contributed by atoms with Gasteiger partial charge in [-0.25, -0.2) is 0 Å². The molecular formula is C18H15N3OS. The second-order valence-electron chi connectivity index (χ2n) is 5.54. The molecule has 4 rings (SSSR count). The van der Waals surface area contributed by atoms with Crippen molar-refractivity contribution < 1.29 is 4.79 Å². The third kappa shape index (κ3) is 2.39. The topological polar surface area (TPSA) is 48.1 Å². The van der Waals surface area contributed by atoms with Crippen LogP contribution in [0.5, 0.6) is 0 Å². The van der Waals surface area contributed by atoms with Crippen LogP contribution in [0.3, 0.4) is 0 Å². The van der Waals surface area contributed by atoms with Crippen LogP contribution in [0.15, 0.2) is 54.7 Å². The van der Waals surface area contributed by atoms with Crippen LogP contribution in [0.4, 0.5) is 5.69 Å². The number of benzene rings is 2. The Morgan fingerprint density at radius 3 is 2.78 bits per heavy atom. The molecule has 1 aliphatic heterocycles. The Balaban J connectivity index is 1.79. The molecule has 114 valence electrons. The third-order valence-corrected chi connectivity index (χ3v) is 4.51. The van der Waals surface area contributed by atoms with Gasteiger partial charge >= 0.3 is 0 Å². The van der Waals surface area contributed by atoms with E-state index in [2.05, 4.69) is 16.4 Å². The molecule has 23 heavy (non-hydrogen) atoms. The quantitative estimate of drug-likeness (QED) is 0.714. The summed E-state index contributed by atoms with van der Waals surface area (Å²) in [5.74, 6) is 0.0163. The van der Waals surface area contributed by atoms with Gasteiger partial charge < -0.3 is 15.2 Å². The summed E-state index contributed by atoms with van der Waals surface area (Å²) in [5.41, 5.74) is 3.93. The lowest BCUT2D eigenvalue weighted by Crippen LogP contribution is -2.35. The summed E-state index contributed by atoms with van der Waals surface area (Å²) in [6.07, 6.45) is 1.97. The van der Waals surface area contributed by atoms with E-state index in [1.165, 1.54) is 0 Å². The summed E-state index contributed by atoms with van der Waals surface area (Å²) in [7, 11) is 0. The van der Waals surface area contributed by atoms with Crippen LogP contribution in [0.25, 0.3) is 10.9 Å². The summed E-state index contributed by atoms with van der Waals surface area (Å²) in [5, 5.41) is 4.17. The Hall–Kier alpha value is -2.66. The predicted molar refractivity (Wildman–Crippen MR) is 95.6 cm³/mol. The fourth-order valence-corrected chi connectivity index (χ4v) is 3.23. The number of carbonyl (C=O) groups is 1. The molecule has 0 spiro atoms. The predicted octanol–water partition coefficient (Wildman–Crippen LogP) is 2.98. The number of amides is 1. The smallest absolute Gasteiger partial charge is 0.246 e. The van der Waals surface area contributed by atoms with E-state index >= 15 is 0 Å². The fourth-order valence-electron chi connectivity index (χ4n) is 2.99. The van der Waals surface area contributed by atoms with Crippen LogP contribution in [0.2, 0.25) is 0 Å². The van der Waals surface area contributed by atoms with Gasteiger partial charge in [0, 0.05) is 22.7 Å². The molecule has 0 fully saturated rings. The lowest BCUT2D eigenvalue weighted by atomic mass is 10.1. The van der Waals surface area contributed by atoms with Gasteiger partial charge in [-0.05, 0) is 23.8 Å². The maximum atomic E-state index is 12.6. The van der Waals surface area contributed by atoms with Crippen molar-refractivity contribution in [2.24, 2.45) is 0 Å². The van der Waals surface area contributed by atoms with Gasteiger partial charge in [-0.15, -0.1) is 0 Å². The van der Waals surface area contributed by atoms with E-state index < -0.39 is 0 Å². The molecule has 3 aromatic rings. The molecule has 0 aliphatic carbocycles. The molecule has 4 nitrogen and oxygen atoms in total. The lowest BCUT2D eigenvalue weighted by Gasteiger charge is -2.22. The molecule has 2 aromatic carbocycles. The van der Waals surface area contributed by atoms with E-state index in [0.29, 0.717) is 11.5 Å². The zero-order valence-corrected chi connectivity index (χ0v) is 13.2. The molecule has 1 aliphatic rings. The molecular weight excluding hydrogens is 306 g/mol. The van der Waals surface area contributed by atoms with Crippen LogP contribution < -0.4 is 10.2 Å². The number of fused-ring (bicyclic) bond motifs is 2. The third-order valence-electron chi connectivity index (χ3n) is 4.14. The Morgan fingerprint density at radius 1 is 1.09 bits per heavy atom. The number of aromatic nitrogens is 1. The van der Waals surface area contributed by atoms with Gasteiger partial charge in [0.2, 0.25) is 5.91 Å². The van der Waals surface area contributed by atoms with Crippen molar-refractivity contribution in [1.82, 2.24) is 10.3 Å². The first-order valence-corrected chi connectivity index (χ1v) is 7.87. The van der Waals surface area contributed by atoms with Crippen LogP contribution in [0, 0.1) is 0 Å². The number of nitrogens with zero attached hydrogens (tertiary/aromatic N) is 1. The van der Waals surface area contributed by atoms with Crippen molar-refractivity contribution in [3.05, 3.63) is 65.9 Å². The molecule has 2 N–H and O–H groups in total. The number of carbonyl (C=O) groups excluding carboxylic acids is 1. The molecule has 2 heterocycles. The van der Waals surface area contributed by atoms with Crippen molar-refractivity contribution in [1.29, 1.82) is 0 Å². The van der Waals surface area contributed by atoms with Crippen molar-refractivity contribution >= 4 is 39.7 Å². The van der Waals surface area contributed by atoms with Gasteiger partial charge in [0.1, 0.15) is 4.99 Å². The van der Waals surface area contributed by atoms with Crippen molar-refractivity contribution in [2.75, 3.05) is 11.4 Å². The van der Waals surface area contributed by atoms with E-state index in [4.69, 9.17) is 12.2 Å². The monoisotopic (exact) mass is 321 g/mol.